The highest BCUT2D eigenvalue weighted by Gasteiger charge is 1.89. The molecule has 0 saturated carbocycles. The van der Waals surface area contributed by atoms with Crippen molar-refractivity contribution in [2.45, 2.75) is 0 Å². The van der Waals surface area contributed by atoms with E-state index in [0.29, 0.717) is 0 Å². The lowest BCUT2D eigenvalue weighted by molar-refractivity contribution is 0.173. The van der Waals surface area contributed by atoms with Gasteiger partial charge in [0.2, 0.25) is 0 Å². The first-order valence-electron chi connectivity index (χ1n) is 2.13. The molecule has 0 aromatic rings. The Balaban J connectivity index is 3.00. The molecular formula is C3H9NO2Si. The molecular weight excluding hydrogens is 110 g/mol. The zero-order chi connectivity index (χ0) is 5.70. The van der Waals surface area contributed by atoms with Gasteiger partial charge in [0.1, 0.15) is 0 Å². The average Bonchev–Trinajstić information content (AvgIpc) is 1.68. The number of rotatable bonds is 1. The fraction of sp³-hybridized carbons (Fsp3) is 0.667. The van der Waals surface area contributed by atoms with Crippen molar-refractivity contribution < 1.29 is 9.53 Å². The van der Waals surface area contributed by atoms with Crippen molar-refractivity contribution in [3.8, 4) is 0 Å². The lowest BCUT2D eigenvalue weighted by atomic mass is 11.1. The summed E-state index contributed by atoms with van der Waals surface area (Å²) in [5, 5.41) is 2.50. The molecule has 1 amide bonds. The molecule has 1 N–H and O–H groups in total. The number of hydrogen-bond donors (Lipinski definition) is 1. The summed E-state index contributed by atoms with van der Waals surface area (Å²) in [5.74, 6) is 0. The van der Waals surface area contributed by atoms with Crippen molar-refractivity contribution in [3.05, 3.63) is 0 Å². The molecule has 0 bridgehead atoms. The van der Waals surface area contributed by atoms with Crippen LogP contribution in [-0.2, 0) is 4.74 Å². The van der Waals surface area contributed by atoms with E-state index in [1.54, 1.807) is 0 Å². The van der Waals surface area contributed by atoms with E-state index in [1.165, 1.54) is 7.11 Å². The highest BCUT2D eigenvalue weighted by Crippen LogP contribution is 1.64. The average molecular weight is 119 g/mol. The molecule has 0 saturated heterocycles. The summed E-state index contributed by atoms with van der Waals surface area (Å²) in [4.78, 5) is 10.1. The van der Waals surface area contributed by atoms with Crippen LogP contribution in [0.1, 0.15) is 0 Å². The van der Waals surface area contributed by atoms with Crippen LogP contribution in [0.3, 0.4) is 0 Å². The topological polar surface area (TPSA) is 38.3 Å². The van der Waals surface area contributed by atoms with E-state index in [9.17, 15) is 4.79 Å². The number of nitrogens with one attached hydrogen (secondary N) is 1. The molecule has 42 valence electrons. The van der Waals surface area contributed by atoms with E-state index in [4.69, 9.17) is 0 Å². The summed E-state index contributed by atoms with van der Waals surface area (Å²) in [6.45, 7) is 0. The van der Waals surface area contributed by atoms with Crippen molar-refractivity contribution in [1.82, 2.24) is 5.32 Å². The van der Waals surface area contributed by atoms with Gasteiger partial charge in [-0.25, -0.2) is 4.79 Å². The zero-order valence-electron chi connectivity index (χ0n) is 4.52. The van der Waals surface area contributed by atoms with Gasteiger partial charge in [0, 0.05) is 16.4 Å². The monoisotopic (exact) mass is 119 g/mol. The van der Waals surface area contributed by atoms with Crippen LogP contribution in [-0.4, -0.2) is 29.6 Å². The third-order valence-electron chi connectivity index (χ3n) is 0.507. The van der Waals surface area contributed by atoms with E-state index in [1.807, 2.05) is 0 Å². The van der Waals surface area contributed by atoms with Gasteiger partial charge in [0.05, 0.1) is 7.11 Å². The standard InChI is InChI=1S/C3H9NO2Si/c1-6-3(5)4-2-7/h2H2,1,7H3,(H,4,5). The third-order valence-corrected chi connectivity index (χ3v) is 0.860. The Hall–Kier alpha value is -0.513. The molecule has 0 atom stereocenters. The molecule has 0 rings (SSSR count). The lowest BCUT2D eigenvalue weighted by Crippen LogP contribution is -2.23. The van der Waals surface area contributed by atoms with Crippen LogP contribution >= 0.6 is 0 Å². The number of ether oxygens (including phenoxy) is 1. The predicted molar refractivity (Wildman–Crippen MR) is 30.3 cm³/mol. The van der Waals surface area contributed by atoms with E-state index in [-0.39, 0.29) is 6.09 Å². The smallest absolute Gasteiger partial charge is 0.406 e. The summed E-state index contributed by atoms with van der Waals surface area (Å²) in [6.07, 6.45) is 0.419. The Morgan fingerprint density at radius 3 is 2.71 bits per heavy atom. The van der Waals surface area contributed by atoms with E-state index >= 15 is 0 Å². The number of amides is 1. The fourth-order valence-corrected chi connectivity index (χ4v) is 0.505. The van der Waals surface area contributed by atoms with Gasteiger partial charge in [0.15, 0.2) is 0 Å². The molecule has 0 aliphatic heterocycles. The highest BCUT2D eigenvalue weighted by atomic mass is 28.1. The van der Waals surface area contributed by atoms with Gasteiger partial charge >= 0.3 is 6.09 Å². The quantitative estimate of drug-likeness (QED) is 0.434. The molecule has 3 nitrogen and oxygen atoms in total. The van der Waals surface area contributed by atoms with E-state index in [2.05, 4.69) is 10.1 Å². The number of alkyl carbamates (subject to hydrolysis) is 1. The van der Waals surface area contributed by atoms with Crippen LogP contribution < -0.4 is 5.32 Å². The molecule has 0 aromatic carbocycles. The van der Waals surface area contributed by atoms with Crippen LogP contribution in [0.4, 0.5) is 4.79 Å². The second-order valence-corrected chi connectivity index (χ2v) is 1.73. The minimum absolute atomic E-state index is 0.338. The second kappa shape index (κ2) is 3.67. The SMILES string of the molecule is COC(=O)NC[SiH3]. The molecule has 0 heterocycles. The van der Waals surface area contributed by atoms with E-state index in [0.717, 1.165) is 16.4 Å². The number of carbonyl (C=O) groups excluding carboxylic acids is 1. The maximum absolute atomic E-state index is 10.1. The van der Waals surface area contributed by atoms with Crippen LogP contribution in [0.2, 0.25) is 0 Å². The Bertz CT molecular complexity index is 66.0. The highest BCUT2D eigenvalue weighted by molar-refractivity contribution is 6.09. The number of methoxy groups -OCH3 is 1. The van der Waals surface area contributed by atoms with Crippen LogP contribution in [0, 0.1) is 0 Å². The largest absolute Gasteiger partial charge is 0.453 e. The molecule has 0 radical (unpaired) electrons. The van der Waals surface area contributed by atoms with Gasteiger partial charge in [-0.15, -0.1) is 0 Å². The van der Waals surface area contributed by atoms with Gasteiger partial charge in [-0.05, 0) is 0 Å². The van der Waals surface area contributed by atoms with Crippen LogP contribution in [0.25, 0.3) is 0 Å². The second-order valence-electron chi connectivity index (χ2n) is 1.02. The first kappa shape index (κ1) is 6.49. The predicted octanol–water partition coefficient (Wildman–Crippen LogP) is -1.33. The lowest BCUT2D eigenvalue weighted by Gasteiger charge is -1.95. The number of carbonyl (C=O) groups is 1. The molecule has 0 aliphatic rings. The van der Waals surface area contributed by atoms with Crippen molar-refractivity contribution in [3.63, 3.8) is 0 Å². The first-order valence-corrected chi connectivity index (χ1v) is 3.54. The molecule has 0 aliphatic carbocycles. The summed E-state index contributed by atoms with van der Waals surface area (Å²) >= 11 is 0. The maximum atomic E-state index is 10.1. The summed E-state index contributed by atoms with van der Waals surface area (Å²) < 4.78 is 4.26. The zero-order valence-corrected chi connectivity index (χ0v) is 6.52. The van der Waals surface area contributed by atoms with Crippen LogP contribution in [0.15, 0.2) is 0 Å². The van der Waals surface area contributed by atoms with Gasteiger partial charge in [-0.3, -0.25) is 0 Å². The molecule has 7 heavy (non-hydrogen) atoms. The van der Waals surface area contributed by atoms with Gasteiger partial charge < -0.3 is 10.1 Å². The Kier molecular flexibility index (Phi) is 3.40. The Morgan fingerprint density at radius 1 is 2.00 bits per heavy atom. The van der Waals surface area contributed by atoms with Crippen molar-refractivity contribution in [1.29, 1.82) is 0 Å². The fourth-order valence-electron chi connectivity index (χ4n) is 0.217. The van der Waals surface area contributed by atoms with Gasteiger partial charge in [0.25, 0.3) is 0 Å². The summed E-state index contributed by atoms with van der Waals surface area (Å²) in [5.41, 5.74) is 0. The number of hydrogen-bond acceptors (Lipinski definition) is 2. The van der Waals surface area contributed by atoms with Crippen LogP contribution in [0.5, 0.6) is 0 Å². The molecule has 0 spiro atoms. The van der Waals surface area contributed by atoms with Crippen molar-refractivity contribution in [2.24, 2.45) is 0 Å². The van der Waals surface area contributed by atoms with E-state index < -0.39 is 0 Å². The van der Waals surface area contributed by atoms with Crippen molar-refractivity contribution >= 4 is 16.3 Å². The molecule has 0 aromatic heterocycles. The maximum Gasteiger partial charge on any atom is 0.406 e. The Morgan fingerprint density at radius 2 is 2.57 bits per heavy atom. The molecule has 0 unspecified atom stereocenters. The molecule has 4 heteroatoms. The molecule has 0 fully saturated rings. The minimum Gasteiger partial charge on any atom is -0.453 e. The third kappa shape index (κ3) is 3.31. The first-order chi connectivity index (χ1) is 3.31. The summed E-state index contributed by atoms with van der Waals surface area (Å²) in [7, 11) is 2.33. The Labute approximate surface area is 45.5 Å². The summed E-state index contributed by atoms with van der Waals surface area (Å²) in [6, 6.07) is 0. The van der Waals surface area contributed by atoms with Gasteiger partial charge in [-0.2, -0.15) is 0 Å². The minimum atomic E-state index is -0.338. The van der Waals surface area contributed by atoms with Crippen molar-refractivity contribution in [2.75, 3.05) is 13.3 Å². The van der Waals surface area contributed by atoms with Gasteiger partial charge in [-0.1, -0.05) is 0 Å². The normalized spacial score (nSPS) is 8.14.